The number of nitrogens with zero attached hydrogens (tertiary/aromatic N) is 2. The van der Waals surface area contributed by atoms with Gasteiger partial charge >= 0.3 is 0 Å². The molecular weight excluding hydrogens is 233 g/mol. The van der Waals surface area contributed by atoms with Crippen molar-refractivity contribution < 1.29 is 4.39 Å². The molecule has 0 aromatic carbocycles. The molecule has 5 heteroatoms. The van der Waals surface area contributed by atoms with Crippen LogP contribution >= 0.6 is 0 Å². The molecule has 0 aliphatic carbocycles. The standard InChI is InChI=1S/C13H14FN3O/c1-13(2,3)12-16-10(6-11(18)17-12)8-4-5-15-7-9(8)14/h4-7H,1-3H3,(H,16,17,18). The van der Waals surface area contributed by atoms with Crippen LogP contribution in [-0.4, -0.2) is 15.0 Å². The van der Waals surface area contributed by atoms with Gasteiger partial charge in [-0.05, 0) is 6.07 Å². The summed E-state index contributed by atoms with van der Waals surface area (Å²) in [5.74, 6) is 0.0386. The van der Waals surface area contributed by atoms with Crippen LogP contribution < -0.4 is 5.56 Å². The Morgan fingerprint density at radius 1 is 1.33 bits per heavy atom. The lowest BCUT2D eigenvalue weighted by atomic mass is 9.95. The van der Waals surface area contributed by atoms with Gasteiger partial charge in [-0.25, -0.2) is 9.37 Å². The third-order valence-electron chi connectivity index (χ3n) is 2.50. The number of rotatable bonds is 1. The van der Waals surface area contributed by atoms with Gasteiger partial charge in [0.05, 0.1) is 11.9 Å². The summed E-state index contributed by atoms with van der Waals surface area (Å²) in [6, 6.07) is 2.79. The van der Waals surface area contributed by atoms with Crippen molar-refractivity contribution in [3.8, 4) is 11.3 Å². The number of hydrogen-bond acceptors (Lipinski definition) is 3. The minimum Gasteiger partial charge on any atom is -0.310 e. The number of nitrogens with one attached hydrogen (secondary N) is 1. The normalized spacial score (nSPS) is 11.6. The molecule has 2 aromatic rings. The van der Waals surface area contributed by atoms with Crippen LogP contribution in [0.25, 0.3) is 11.3 Å². The summed E-state index contributed by atoms with van der Waals surface area (Å²) in [6.45, 7) is 5.79. The summed E-state index contributed by atoms with van der Waals surface area (Å²) < 4.78 is 13.6. The van der Waals surface area contributed by atoms with E-state index < -0.39 is 5.82 Å². The van der Waals surface area contributed by atoms with E-state index in [1.165, 1.54) is 18.3 Å². The van der Waals surface area contributed by atoms with Crippen LogP contribution in [0, 0.1) is 5.82 Å². The molecule has 1 N–H and O–H groups in total. The number of hydrogen-bond donors (Lipinski definition) is 1. The molecule has 0 saturated heterocycles. The van der Waals surface area contributed by atoms with Crippen molar-refractivity contribution in [2.75, 3.05) is 0 Å². The summed E-state index contributed by atoms with van der Waals surface area (Å²) in [5.41, 5.74) is 0.00453. The van der Waals surface area contributed by atoms with Crippen molar-refractivity contribution in [2.24, 2.45) is 0 Å². The highest BCUT2D eigenvalue weighted by Crippen LogP contribution is 2.22. The van der Waals surface area contributed by atoms with Gasteiger partial charge in [0.2, 0.25) is 0 Å². The molecule has 18 heavy (non-hydrogen) atoms. The molecule has 0 saturated carbocycles. The molecule has 0 aliphatic rings. The molecule has 0 aliphatic heterocycles. The number of aromatic amines is 1. The second-order valence-electron chi connectivity index (χ2n) is 5.08. The first-order valence-corrected chi connectivity index (χ1v) is 5.59. The predicted octanol–water partition coefficient (Wildman–Crippen LogP) is 2.27. The molecule has 0 atom stereocenters. The smallest absolute Gasteiger partial charge is 0.251 e. The Bertz CT molecular complexity index is 629. The van der Waals surface area contributed by atoms with E-state index in [0.29, 0.717) is 11.5 Å². The molecule has 0 radical (unpaired) electrons. The SMILES string of the molecule is CC(C)(C)c1nc(-c2ccncc2F)cc(=O)[nH]1. The lowest BCUT2D eigenvalue weighted by Crippen LogP contribution is -2.22. The van der Waals surface area contributed by atoms with Gasteiger partial charge in [-0.15, -0.1) is 0 Å². The second-order valence-corrected chi connectivity index (χ2v) is 5.08. The first-order chi connectivity index (χ1) is 8.38. The van der Waals surface area contributed by atoms with Gasteiger partial charge in [-0.3, -0.25) is 9.78 Å². The highest BCUT2D eigenvalue weighted by atomic mass is 19.1. The summed E-state index contributed by atoms with van der Waals surface area (Å²) in [6.07, 6.45) is 2.58. The number of pyridine rings is 1. The van der Waals surface area contributed by atoms with E-state index in [1.54, 1.807) is 0 Å². The third kappa shape index (κ3) is 2.45. The Hall–Kier alpha value is -2.04. The summed E-state index contributed by atoms with van der Waals surface area (Å²) in [5, 5.41) is 0. The van der Waals surface area contributed by atoms with Crippen molar-refractivity contribution in [2.45, 2.75) is 26.2 Å². The van der Waals surface area contributed by atoms with Crippen molar-refractivity contribution in [1.82, 2.24) is 15.0 Å². The van der Waals surface area contributed by atoms with Crippen LogP contribution in [0.2, 0.25) is 0 Å². The molecule has 0 spiro atoms. The fraction of sp³-hybridized carbons (Fsp3) is 0.308. The molecule has 2 rings (SSSR count). The van der Waals surface area contributed by atoms with E-state index in [2.05, 4.69) is 15.0 Å². The minimum absolute atomic E-state index is 0.279. The topological polar surface area (TPSA) is 58.6 Å². The van der Waals surface area contributed by atoms with E-state index in [1.807, 2.05) is 20.8 Å². The van der Waals surface area contributed by atoms with Crippen molar-refractivity contribution >= 4 is 0 Å². The van der Waals surface area contributed by atoms with Gasteiger partial charge in [0.1, 0.15) is 5.82 Å². The van der Waals surface area contributed by atoms with Gasteiger partial charge in [-0.1, -0.05) is 20.8 Å². The van der Waals surface area contributed by atoms with Crippen LogP contribution in [0.5, 0.6) is 0 Å². The molecule has 2 aromatic heterocycles. The highest BCUT2D eigenvalue weighted by Gasteiger charge is 2.18. The van der Waals surface area contributed by atoms with Crippen LogP contribution in [0.3, 0.4) is 0 Å². The van der Waals surface area contributed by atoms with Gasteiger partial charge in [0.15, 0.2) is 5.82 Å². The van der Waals surface area contributed by atoms with Gasteiger partial charge < -0.3 is 4.98 Å². The minimum atomic E-state index is -0.490. The van der Waals surface area contributed by atoms with E-state index in [9.17, 15) is 9.18 Å². The largest absolute Gasteiger partial charge is 0.310 e. The van der Waals surface area contributed by atoms with Gasteiger partial charge in [-0.2, -0.15) is 0 Å². The molecule has 4 nitrogen and oxygen atoms in total. The van der Waals surface area contributed by atoms with Crippen molar-refractivity contribution in [3.05, 3.63) is 46.5 Å². The quantitative estimate of drug-likeness (QED) is 0.841. The number of halogens is 1. The Kier molecular flexibility index (Phi) is 2.98. The highest BCUT2D eigenvalue weighted by molar-refractivity contribution is 5.58. The maximum atomic E-state index is 13.6. The summed E-state index contributed by atoms with van der Waals surface area (Å²) in [4.78, 5) is 22.3. The van der Waals surface area contributed by atoms with E-state index in [0.717, 1.165) is 6.20 Å². The number of H-pyrrole nitrogens is 1. The maximum Gasteiger partial charge on any atom is 0.251 e. The van der Waals surface area contributed by atoms with Crippen LogP contribution in [0.15, 0.2) is 29.3 Å². The number of aromatic nitrogens is 3. The van der Waals surface area contributed by atoms with E-state index >= 15 is 0 Å². The lowest BCUT2D eigenvalue weighted by Gasteiger charge is -2.17. The maximum absolute atomic E-state index is 13.6. The molecule has 0 unspecified atom stereocenters. The average molecular weight is 247 g/mol. The Morgan fingerprint density at radius 2 is 2.06 bits per heavy atom. The van der Waals surface area contributed by atoms with Crippen LogP contribution in [0.1, 0.15) is 26.6 Å². The Morgan fingerprint density at radius 3 is 2.67 bits per heavy atom. The van der Waals surface area contributed by atoms with E-state index in [-0.39, 0.29) is 16.5 Å². The fourth-order valence-electron chi connectivity index (χ4n) is 1.53. The zero-order chi connectivity index (χ0) is 13.3. The monoisotopic (exact) mass is 247 g/mol. The zero-order valence-corrected chi connectivity index (χ0v) is 10.5. The molecule has 94 valence electrons. The lowest BCUT2D eigenvalue weighted by molar-refractivity contribution is 0.543. The van der Waals surface area contributed by atoms with Crippen LogP contribution in [-0.2, 0) is 5.41 Å². The zero-order valence-electron chi connectivity index (χ0n) is 10.5. The Balaban J connectivity index is 2.63. The molecule has 2 heterocycles. The van der Waals surface area contributed by atoms with Crippen molar-refractivity contribution in [3.63, 3.8) is 0 Å². The average Bonchev–Trinajstić information content (AvgIpc) is 2.27. The molecule has 0 amide bonds. The summed E-state index contributed by atoms with van der Waals surface area (Å²) in [7, 11) is 0. The Labute approximate surface area is 104 Å². The molecular formula is C13H14FN3O. The predicted molar refractivity (Wildman–Crippen MR) is 66.7 cm³/mol. The molecule has 0 bridgehead atoms. The first-order valence-electron chi connectivity index (χ1n) is 5.59. The second kappa shape index (κ2) is 4.33. The van der Waals surface area contributed by atoms with E-state index in [4.69, 9.17) is 0 Å². The third-order valence-corrected chi connectivity index (χ3v) is 2.50. The van der Waals surface area contributed by atoms with Crippen molar-refractivity contribution in [1.29, 1.82) is 0 Å². The van der Waals surface area contributed by atoms with Gasteiger partial charge in [0.25, 0.3) is 5.56 Å². The molecule has 0 fully saturated rings. The van der Waals surface area contributed by atoms with Crippen LogP contribution in [0.4, 0.5) is 4.39 Å². The first kappa shape index (κ1) is 12.4. The fourth-order valence-corrected chi connectivity index (χ4v) is 1.53. The summed E-state index contributed by atoms with van der Waals surface area (Å²) >= 11 is 0. The van der Waals surface area contributed by atoms with Gasteiger partial charge in [0, 0.05) is 23.2 Å².